The predicted molar refractivity (Wildman–Crippen MR) is 81.1 cm³/mol. The molecule has 7 heteroatoms. The molecule has 0 aromatic carbocycles. The van der Waals surface area contributed by atoms with Crippen LogP contribution < -0.4 is 10.6 Å². The molecule has 1 saturated heterocycles. The summed E-state index contributed by atoms with van der Waals surface area (Å²) in [5, 5.41) is 5.28. The number of rotatable bonds is 8. The zero-order chi connectivity index (χ0) is 15.5. The number of ether oxygens (including phenoxy) is 1. The quantitative estimate of drug-likeness (QED) is 0.439. The van der Waals surface area contributed by atoms with Crippen molar-refractivity contribution in [3.8, 4) is 0 Å². The molecule has 0 unspecified atom stereocenters. The van der Waals surface area contributed by atoms with Gasteiger partial charge in [0.05, 0.1) is 13.2 Å². The van der Waals surface area contributed by atoms with Gasteiger partial charge in [-0.2, -0.15) is 0 Å². The fourth-order valence-corrected chi connectivity index (χ4v) is 2.09. The Bertz CT molecular complexity index is 317. The van der Waals surface area contributed by atoms with Crippen molar-refractivity contribution in [2.24, 2.45) is 0 Å². The summed E-state index contributed by atoms with van der Waals surface area (Å²) in [6.45, 7) is 6.32. The maximum atomic E-state index is 11.6. The van der Waals surface area contributed by atoms with Gasteiger partial charge in [-0.05, 0) is 40.0 Å². The highest BCUT2D eigenvalue weighted by Crippen LogP contribution is 1.97. The van der Waals surface area contributed by atoms with Gasteiger partial charge < -0.3 is 20.3 Å². The minimum absolute atomic E-state index is 0.526. The first-order valence-corrected chi connectivity index (χ1v) is 7.60. The molecule has 21 heavy (non-hydrogen) atoms. The lowest BCUT2D eigenvalue weighted by Crippen LogP contribution is -2.42. The molecule has 0 aliphatic carbocycles. The molecule has 1 rings (SSSR count). The van der Waals surface area contributed by atoms with Crippen LogP contribution in [0.5, 0.6) is 0 Å². The SMILES string of the molecule is CN(C)CCCNC(=O)C(=O)NCCCN1CCOCC1. The van der Waals surface area contributed by atoms with Gasteiger partial charge >= 0.3 is 11.8 Å². The molecular formula is C14H28N4O3. The maximum Gasteiger partial charge on any atom is 0.309 e. The first kappa shape index (κ1) is 17.9. The molecule has 0 aromatic rings. The van der Waals surface area contributed by atoms with Crippen LogP contribution in [0.1, 0.15) is 12.8 Å². The number of amides is 2. The van der Waals surface area contributed by atoms with Crippen molar-refractivity contribution in [3.05, 3.63) is 0 Å². The number of nitrogens with zero attached hydrogens (tertiary/aromatic N) is 2. The summed E-state index contributed by atoms with van der Waals surface area (Å²) in [6.07, 6.45) is 1.68. The molecule has 2 N–H and O–H groups in total. The van der Waals surface area contributed by atoms with E-state index in [0.717, 1.165) is 52.2 Å². The molecule has 122 valence electrons. The Morgan fingerprint density at radius 1 is 1.05 bits per heavy atom. The van der Waals surface area contributed by atoms with Gasteiger partial charge in [0.1, 0.15) is 0 Å². The molecule has 1 aliphatic rings. The number of morpholine rings is 1. The number of nitrogens with one attached hydrogen (secondary N) is 2. The molecule has 0 saturated carbocycles. The molecule has 1 fully saturated rings. The zero-order valence-electron chi connectivity index (χ0n) is 13.2. The fraction of sp³-hybridized carbons (Fsp3) is 0.857. The van der Waals surface area contributed by atoms with E-state index in [0.29, 0.717) is 13.1 Å². The molecule has 0 atom stereocenters. The average molecular weight is 300 g/mol. The van der Waals surface area contributed by atoms with Gasteiger partial charge in [-0.3, -0.25) is 14.5 Å². The number of carbonyl (C=O) groups is 2. The number of carbonyl (C=O) groups excluding carboxylic acids is 2. The second-order valence-electron chi connectivity index (χ2n) is 5.48. The van der Waals surface area contributed by atoms with E-state index >= 15 is 0 Å². The van der Waals surface area contributed by atoms with Crippen LogP contribution in [-0.4, -0.2) is 88.2 Å². The molecule has 0 radical (unpaired) electrons. The van der Waals surface area contributed by atoms with E-state index < -0.39 is 11.8 Å². The van der Waals surface area contributed by atoms with Crippen molar-refractivity contribution in [1.82, 2.24) is 20.4 Å². The molecular weight excluding hydrogens is 272 g/mol. The lowest BCUT2D eigenvalue weighted by Gasteiger charge is -2.26. The van der Waals surface area contributed by atoms with Gasteiger partial charge in [0, 0.05) is 26.2 Å². The van der Waals surface area contributed by atoms with E-state index in [2.05, 4.69) is 15.5 Å². The minimum Gasteiger partial charge on any atom is -0.379 e. The van der Waals surface area contributed by atoms with Crippen molar-refractivity contribution in [3.63, 3.8) is 0 Å². The summed E-state index contributed by atoms with van der Waals surface area (Å²) in [6, 6.07) is 0. The molecule has 0 aromatic heterocycles. The monoisotopic (exact) mass is 300 g/mol. The third kappa shape index (κ3) is 8.64. The second-order valence-corrected chi connectivity index (χ2v) is 5.48. The lowest BCUT2D eigenvalue weighted by atomic mass is 10.3. The van der Waals surface area contributed by atoms with Gasteiger partial charge in [-0.25, -0.2) is 0 Å². The van der Waals surface area contributed by atoms with Gasteiger partial charge in [0.15, 0.2) is 0 Å². The Kier molecular flexibility index (Phi) is 8.96. The highest BCUT2D eigenvalue weighted by atomic mass is 16.5. The average Bonchev–Trinajstić information content (AvgIpc) is 2.48. The van der Waals surface area contributed by atoms with E-state index in [-0.39, 0.29) is 0 Å². The van der Waals surface area contributed by atoms with Crippen molar-refractivity contribution in [2.45, 2.75) is 12.8 Å². The Morgan fingerprint density at radius 2 is 1.62 bits per heavy atom. The molecule has 0 bridgehead atoms. The van der Waals surface area contributed by atoms with E-state index in [1.54, 1.807) is 0 Å². The van der Waals surface area contributed by atoms with Crippen LogP contribution in [0.4, 0.5) is 0 Å². The van der Waals surface area contributed by atoms with Gasteiger partial charge in [-0.1, -0.05) is 0 Å². The predicted octanol–water partition coefficient (Wildman–Crippen LogP) is -1.11. The fourth-order valence-electron chi connectivity index (χ4n) is 2.09. The summed E-state index contributed by atoms with van der Waals surface area (Å²) in [7, 11) is 3.95. The lowest BCUT2D eigenvalue weighted by molar-refractivity contribution is -0.139. The van der Waals surface area contributed by atoms with Crippen molar-refractivity contribution >= 4 is 11.8 Å². The normalized spacial score (nSPS) is 16.0. The highest BCUT2D eigenvalue weighted by molar-refractivity contribution is 6.35. The number of hydrogen-bond acceptors (Lipinski definition) is 5. The standard InChI is InChI=1S/C14H28N4O3/c1-17(2)7-3-5-15-13(19)14(20)16-6-4-8-18-9-11-21-12-10-18/h3-12H2,1-2H3,(H,15,19)(H,16,20). The van der Waals surface area contributed by atoms with Crippen LogP contribution in [-0.2, 0) is 14.3 Å². The van der Waals surface area contributed by atoms with Crippen molar-refractivity contribution in [1.29, 1.82) is 0 Å². The summed E-state index contributed by atoms with van der Waals surface area (Å²) in [4.78, 5) is 27.4. The van der Waals surface area contributed by atoms with Crippen LogP contribution in [0.2, 0.25) is 0 Å². The van der Waals surface area contributed by atoms with Crippen LogP contribution in [0.3, 0.4) is 0 Å². The Labute approximate surface area is 127 Å². The highest BCUT2D eigenvalue weighted by Gasteiger charge is 2.13. The van der Waals surface area contributed by atoms with E-state index in [4.69, 9.17) is 4.74 Å². The summed E-state index contributed by atoms with van der Waals surface area (Å²) >= 11 is 0. The largest absolute Gasteiger partial charge is 0.379 e. The zero-order valence-corrected chi connectivity index (χ0v) is 13.2. The first-order valence-electron chi connectivity index (χ1n) is 7.60. The summed E-state index contributed by atoms with van der Waals surface area (Å²) in [5.74, 6) is -1.08. The smallest absolute Gasteiger partial charge is 0.309 e. The molecule has 0 spiro atoms. The van der Waals surface area contributed by atoms with E-state index in [9.17, 15) is 9.59 Å². The van der Waals surface area contributed by atoms with Crippen LogP contribution in [0, 0.1) is 0 Å². The van der Waals surface area contributed by atoms with E-state index in [1.165, 1.54) is 0 Å². The van der Waals surface area contributed by atoms with Gasteiger partial charge in [0.25, 0.3) is 0 Å². The van der Waals surface area contributed by atoms with Crippen molar-refractivity contribution in [2.75, 3.05) is 66.6 Å². The van der Waals surface area contributed by atoms with Crippen molar-refractivity contribution < 1.29 is 14.3 Å². The van der Waals surface area contributed by atoms with Crippen LogP contribution >= 0.6 is 0 Å². The third-order valence-electron chi connectivity index (χ3n) is 3.31. The Hall–Kier alpha value is -1.18. The summed E-state index contributed by atoms with van der Waals surface area (Å²) in [5.41, 5.74) is 0. The third-order valence-corrected chi connectivity index (χ3v) is 3.31. The molecule has 7 nitrogen and oxygen atoms in total. The minimum atomic E-state index is -0.542. The molecule has 2 amide bonds. The second kappa shape index (κ2) is 10.5. The van der Waals surface area contributed by atoms with Crippen LogP contribution in [0.15, 0.2) is 0 Å². The number of hydrogen-bond donors (Lipinski definition) is 2. The Balaban J connectivity index is 2.00. The first-order chi connectivity index (χ1) is 10.1. The van der Waals surface area contributed by atoms with Gasteiger partial charge in [0.2, 0.25) is 0 Å². The molecule has 1 aliphatic heterocycles. The molecule has 1 heterocycles. The van der Waals surface area contributed by atoms with Crippen LogP contribution in [0.25, 0.3) is 0 Å². The topological polar surface area (TPSA) is 73.9 Å². The summed E-state index contributed by atoms with van der Waals surface area (Å²) < 4.78 is 5.27. The Morgan fingerprint density at radius 3 is 2.19 bits per heavy atom. The van der Waals surface area contributed by atoms with E-state index in [1.807, 2.05) is 19.0 Å². The van der Waals surface area contributed by atoms with Gasteiger partial charge in [-0.15, -0.1) is 0 Å². The maximum absolute atomic E-state index is 11.6.